The maximum atomic E-state index is 12.4. The van der Waals surface area contributed by atoms with Gasteiger partial charge in [-0.3, -0.25) is 4.79 Å². The molecule has 1 aromatic carbocycles. The van der Waals surface area contributed by atoms with Crippen molar-refractivity contribution in [2.75, 3.05) is 13.1 Å². The molecule has 1 atom stereocenters. The van der Waals surface area contributed by atoms with Crippen molar-refractivity contribution in [2.24, 2.45) is 11.7 Å². The highest BCUT2D eigenvalue weighted by molar-refractivity contribution is 9.10. The number of halogens is 2. The zero-order chi connectivity index (χ0) is 14.0. The molecule has 0 aromatic heterocycles. The van der Waals surface area contributed by atoms with Gasteiger partial charge in [0.05, 0.1) is 4.99 Å². The SMILES string of the molecule is NC(=S)C1CCCN(C(=O)c2cc(Cl)cc(Br)c2)C1. The molecule has 1 unspecified atom stereocenters. The molecule has 1 aliphatic rings. The monoisotopic (exact) mass is 360 g/mol. The summed E-state index contributed by atoms with van der Waals surface area (Å²) in [6.07, 6.45) is 1.88. The minimum Gasteiger partial charge on any atom is -0.393 e. The molecule has 6 heteroatoms. The number of amides is 1. The molecule has 1 amide bonds. The van der Waals surface area contributed by atoms with Crippen molar-refractivity contribution in [1.82, 2.24) is 4.90 Å². The molecule has 102 valence electrons. The van der Waals surface area contributed by atoms with Gasteiger partial charge in [0.25, 0.3) is 5.91 Å². The highest BCUT2D eigenvalue weighted by Crippen LogP contribution is 2.23. The Morgan fingerprint density at radius 2 is 2.21 bits per heavy atom. The summed E-state index contributed by atoms with van der Waals surface area (Å²) >= 11 is 14.3. The number of piperidine rings is 1. The molecule has 3 nitrogen and oxygen atoms in total. The lowest BCUT2D eigenvalue weighted by atomic mass is 9.97. The number of benzene rings is 1. The number of likely N-dealkylation sites (tertiary alicyclic amines) is 1. The summed E-state index contributed by atoms with van der Waals surface area (Å²) in [6, 6.07) is 5.21. The van der Waals surface area contributed by atoms with Crippen molar-refractivity contribution in [2.45, 2.75) is 12.8 Å². The molecular formula is C13H14BrClN2OS. The highest BCUT2D eigenvalue weighted by atomic mass is 79.9. The minimum atomic E-state index is -0.0239. The Kier molecular flexibility index (Phi) is 4.81. The molecule has 1 aliphatic heterocycles. The van der Waals surface area contributed by atoms with E-state index in [9.17, 15) is 4.79 Å². The van der Waals surface area contributed by atoms with Crippen molar-refractivity contribution in [3.8, 4) is 0 Å². The quantitative estimate of drug-likeness (QED) is 0.823. The summed E-state index contributed by atoms with van der Waals surface area (Å²) in [7, 11) is 0. The Balaban J connectivity index is 2.16. The normalized spacial score (nSPS) is 19.3. The van der Waals surface area contributed by atoms with E-state index in [0.717, 1.165) is 23.9 Å². The number of thiocarbonyl (C=S) groups is 1. The van der Waals surface area contributed by atoms with E-state index in [1.54, 1.807) is 23.1 Å². The fraction of sp³-hybridized carbons (Fsp3) is 0.385. The third-order valence-electron chi connectivity index (χ3n) is 3.22. The van der Waals surface area contributed by atoms with Gasteiger partial charge in [-0.2, -0.15) is 0 Å². The van der Waals surface area contributed by atoms with Crippen LogP contribution in [-0.2, 0) is 0 Å². The average Bonchev–Trinajstić information content (AvgIpc) is 2.37. The molecule has 0 saturated carbocycles. The number of carbonyl (C=O) groups excluding carboxylic acids is 1. The van der Waals surface area contributed by atoms with Gasteiger partial charge >= 0.3 is 0 Å². The zero-order valence-corrected chi connectivity index (χ0v) is 13.4. The van der Waals surface area contributed by atoms with Crippen LogP contribution in [0.4, 0.5) is 0 Å². The Morgan fingerprint density at radius 3 is 2.84 bits per heavy atom. The molecule has 2 rings (SSSR count). The van der Waals surface area contributed by atoms with E-state index in [2.05, 4.69) is 15.9 Å². The van der Waals surface area contributed by atoms with Crippen LogP contribution >= 0.6 is 39.7 Å². The largest absolute Gasteiger partial charge is 0.393 e. The zero-order valence-electron chi connectivity index (χ0n) is 10.2. The lowest BCUT2D eigenvalue weighted by Gasteiger charge is -2.32. The van der Waals surface area contributed by atoms with Gasteiger partial charge < -0.3 is 10.6 Å². The summed E-state index contributed by atoms with van der Waals surface area (Å²) in [5.41, 5.74) is 6.27. The van der Waals surface area contributed by atoms with Gasteiger partial charge in [0.15, 0.2) is 0 Å². The third kappa shape index (κ3) is 3.68. The van der Waals surface area contributed by atoms with E-state index in [4.69, 9.17) is 29.6 Å². The number of carbonyl (C=O) groups is 1. The number of hydrogen-bond acceptors (Lipinski definition) is 2. The van der Waals surface area contributed by atoms with Crippen LogP contribution in [0.25, 0.3) is 0 Å². The number of nitrogens with two attached hydrogens (primary N) is 1. The fourth-order valence-electron chi connectivity index (χ4n) is 2.25. The van der Waals surface area contributed by atoms with Crippen molar-refractivity contribution < 1.29 is 4.79 Å². The number of rotatable bonds is 2. The van der Waals surface area contributed by atoms with Gasteiger partial charge in [0.2, 0.25) is 0 Å². The lowest BCUT2D eigenvalue weighted by Crippen LogP contribution is -2.43. The summed E-state index contributed by atoms with van der Waals surface area (Å²) in [6.45, 7) is 1.33. The van der Waals surface area contributed by atoms with E-state index in [0.29, 0.717) is 22.1 Å². The maximum Gasteiger partial charge on any atom is 0.253 e. The van der Waals surface area contributed by atoms with E-state index in [1.807, 2.05) is 0 Å². The first-order chi connectivity index (χ1) is 8.97. The molecule has 1 aromatic rings. The Hall–Kier alpha value is -0.650. The average molecular weight is 362 g/mol. The molecule has 1 saturated heterocycles. The van der Waals surface area contributed by atoms with Crippen LogP contribution in [0.15, 0.2) is 22.7 Å². The summed E-state index contributed by atoms with van der Waals surface area (Å²) in [4.78, 5) is 14.7. The molecule has 19 heavy (non-hydrogen) atoms. The molecule has 2 N–H and O–H groups in total. The Labute approximate surface area is 131 Å². The Morgan fingerprint density at radius 1 is 1.47 bits per heavy atom. The Bertz CT molecular complexity index is 503. The van der Waals surface area contributed by atoms with Crippen LogP contribution in [0.5, 0.6) is 0 Å². The van der Waals surface area contributed by atoms with Gasteiger partial charge in [0.1, 0.15) is 0 Å². The van der Waals surface area contributed by atoms with Crippen LogP contribution < -0.4 is 5.73 Å². The van der Waals surface area contributed by atoms with Crippen LogP contribution in [-0.4, -0.2) is 28.9 Å². The molecule has 0 bridgehead atoms. The topological polar surface area (TPSA) is 46.3 Å². The van der Waals surface area contributed by atoms with Crippen molar-refractivity contribution >= 4 is 50.6 Å². The summed E-state index contributed by atoms with van der Waals surface area (Å²) in [5, 5.41) is 0.542. The van der Waals surface area contributed by atoms with E-state index >= 15 is 0 Å². The van der Waals surface area contributed by atoms with Crippen LogP contribution in [0.3, 0.4) is 0 Å². The standard InChI is InChI=1S/C13H14BrClN2OS/c14-10-4-9(5-11(15)6-10)13(18)17-3-1-2-8(7-17)12(16)19/h4-6,8H,1-3,7H2,(H2,16,19). The van der Waals surface area contributed by atoms with Gasteiger partial charge in [-0.05, 0) is 31.0 Å². The maximum absolute atomic E-state index is 12.4. The first kappa shape index (κ1) is 14.8. The fourth-order valence-corrected chi connectivity index (χ4v) is 3.31. The van der Waals surface area contributed by atoms with E-state index in [1.165, 1.54) is 0 Å². The van der Waals surface area contributed by atoms with Gasteiger partial charge in [0, 0.05) is 34.1 Å². The highest BCUT2D eigenvalue weighted by Gasteiger charge is 2.26. The van der Waals surface area contributed by atoms with Crippen molar-refractivity contribution in [3.63, 3.8) is 0 Å². The lowest BCUT2D eigenvalue weighted by molar-refractivity contribution is 0.0703. The first-order valence-corrected chi connectivity index (χ1v) is 7.60. The smallest absolute Gasteiger partial charge is 0.253 e. The predicted octanol–water partition coefficient (Wildman–Crippen LogP) is 3.24. The van der Waals surface area contributed by atoms with Crippen molar-refractivity contribution in [3.05, 3.63) is 33.3 Å². The molecule has 0 spiro atoms. The molecule has 1 fully saturated rings. The van der Waals surface area contributed by atoms with E-state index < -0.39 is 0 Å². The van der Waals surface area contributed by atoms with Gasteiger partial charge in [-0.25, -0.2) is 0 Å². The number of nitrogens with zero attached hydrogens (tertiary/aromatic N) is 1. The van der Waals surface area contributed by atoms with Gasteiger partial charge in [-0.15, -0.1) is 0 Å². The molecule has 0 aliphatic carbocycles. The van der Waals surface area contributed by atoms with Gasteiger partial charge in [-0.1, -0.05) is 39.7 Å². The predicted molar refractivity (Wildman–Crippen MR) is 84.6 cm³/mol. The first-order valence-electron chi connectivity index (χ1n) is 6.02. The summed E-state index contributed by atoms with van der Waals surface area (Å²) in [5.74, 6) is 0.0967. The van der Waals surface area contributed by atoms with E-state index in [-0.39, 0.29) is 11.8 Å². The second-order valence-electron chi connectivity index (χ2n) is 4.65. The molecule has 0 radical (unpaired) electrons. The van der Waals surface area contributed by atoms with Crippen molar-refractivity contribution in [1.29, 1.82) is 0 Å². The molecular weight excluding hydrogens is 348 g/mol. The molecule has 1 heterocycles. The van der Waals surface area contributed by atoms with Crippen LogP contribution in [0, 0.1) is 5.92 Å². The minimum absolute atomic E-state index is 0.0239. The second kappa shape index (κ2) is 6.20. The van der Waals surface area contributed by atoms with Crippen LogP contribution in [0.2, 0.25) is 5.02 Å². The third-order valence-corrected chi connectivity index (χ3v) is 4.23. The number of hydrogen-bond donors (Lipinski definition) is 1. The second-order valence-corrected chi connectivity index (χ2v) is 6.47. The van der Waals surface area contributed by atoms with Crippen LogP contribution in [0.1, 0.15) is 23.2 Å². The summed E-state index contributed by atoms with van der Waals surface area (Å²) < 4.78 is 0.797.